The molecule has 1 aromatic heterocycles. The van der Waals surface area contributed by atoms with Gasteiger partial charge in [0.2, 0.25) is 0 Å². The highest BCUT2D eigenvalue weighted by molar-refractivity contribution is 6.00. The third-order valence-electron chi connectivity index (χ3n) is 5.10. The Morgan fingerprint density at radius 1 is 1.25 bits per heavy atom. The molecule has 1 aromatic carbocycles. The van der Waals surface area contributed by atoms with Gasteiger partial charge in [-0.2, -0.15) is 0 Å². The number of carbonyl (C=O) groups is 1. The van der Waals surface area contributed by atoms with Crippen molar-refractivity contribution < 1.29 is 4.79 Å². The number of carbonyl (C=O) groups excluding carboxylic acids is 1. The summed E-state index contributed by atoms with van der Waals surface area (Å²) in [6.07, 6.45) is 6.06. The van der Waals surface area contributed by atoms with Crippen LogP contribution >= 0.6 is 0 Å². The van der Waals surface area contributed by atoms with Crippen LogP contribution in [0.2, 0.25) is 0 Å². The van der Waals surface area contributed by atoms with Crippen molar-refractivity contribution in [1.82, 2.24) is 9.88 Å². The molecule has 24 heavy (non-hydrogen) atoms. The fourth-order valence-electron chi connectivity index (χ4n) is 3.86. The van der Waals surface area contributed by atoms with Crippen LogP contribution in [0.4, 0.5) is 5.69 Å². The topological polar surface area (TPSA) is 45.2 Å². The molecule has 1 fully saturated rings. The summed E-state index contributed by atoms with van der Waals surface area (Å²) in [5.41, 5.74) is 4.29. The molecule has 0 radical (unpaired) electrons. The summed E-state index contributed by atoms with van der Waals surface area (Å²) >= 11 is 0. The van der Waals surface area contributed by atoms with E-state index in [1.54, 1.807) is 0 Å². The van der Waals surface area contributed by atoms with E-state index >= 15 is 0 Å². The maximum Gasteiger partial charge on any atom is 0.255 e. The summed E-state index contributed by atoms with van der Waals surface area (Å²) in [4.78, 5) is 19.4. The molecular weight excluding hydrogens is 298 g/mol. The van der Waals surface area contributed by atoms with Gasteiger partial charge in [-0.1, -0.05) is 18.2 Å². The molecule has 0 aliphatic carbocycles. The summed E-state index contributed by atoms with van der Waals surface area (Å²) in [6.45, 7) is 2.64. The average Bonchev–Trinajstić information content (AvgIpc) is 3.10. The first-order chi connectivity index (χ1) is 11.8. The molecule has 4 nitrogen and oxygen atoms in total. The van der Waals surface area contributed by atoms with Crippen LogP contribution in [0.5, 0.6) is 0 Å². The van der Waals surface area contributed by atoms with E-state index < -0.39 is 0 Å². The molecule has 3 heterocycles. The summed E-state index contributed by atoms with van der Waals surface area (Å²) in [5.74, 6) is 0.682. The van der Waals surface area contributed by atoms with E-state index in [0.717, 1.165) is 62.3 Å². The second kappa shape index (κ2) is 6.63. The molecule has 0 saturated carbocycles. The van der Waals surface area contributed by atoms with E-state index in [9.17, 15) is 4.79 Å². The zero-order chi connectivity index (χ0) is 16.4. The van der Waals surface area contributed by atoms with E-state index in [-0.39, 0.29) is 5.91 Å². The van der Waals surface area contributed by atoms with Crippen LogP contribution in [-0.4, -0.2) is 35.4 Å². The van der Waals surface area contributed by atoms with Crippen molar-refractivity contribution in [3.8, 4) is 0 Å². The van der Waals surface area contributed by atoms with Crippen molar-refractivity contribution in [2.75, 3.05) is 25.0 Å². The molecule has 1 N–H and O–H groups in total. The fraction of sp³-hybridized carbons (Fsp3) is 0.400. The molecular formula is C20H23N3O. The van der Waals surface area contributed by atoms with E-state index in [0.29, 0.717) is 5.92 Å². The van der Waals surface area contributed by atoms with Crippen molar-refractivity contribution in [3.63, 3.8) is 0 Å². The molecule has 0 bridgehead atoms. The Kier molecular flexibility index (Phi) is 4.20. The Labute approximate surface area is 142 Å². The lowest BCUT2D eigenvalue weighted by atomic mass is 9.98. The predicted molar refractivity (Wildman–Crippen MR) is 95.2 cm³/mol. The van der Waals surface area contributed by atoms with Gasteiger partial charge in [0.05, 0.1) is 11.3 Å². The van der Waals surface area contributed by atoms with Gasteiger partial charge in [0.15, 0.2) is 0 Å². The Bertz CT molecular complexity index is 729. The van der Waals surface area contributed by atoms with Gasteiger partial charge in [0, 0.05) is 31.5 Å². The molecule has 2 aliphatic heterocycles. The van der Waals surface area contributed by atoms with Crippen LogP contribution in [0.1, 0.15) is 34.5 Å². The molecule has 2 aromatic rings. The highest BCUT2D eigenvalue weighted by atomic mass is 16.2. The van der Waals surface area contributed by atoms with Crippen molar-refractivity contribution in [2.45, 2.75) is 25.7 Å². The summed E-state index contributed by atoms with van der Waals surface area (Å²) in [5, 5.41) is 3.43. The van der Waals surface area contributed by atoms with Gasteiger partial charge >= 0.3 is 0 Å². The van der Waals surface area contributed by atoms with Gasteiger partial charge in [0.1, 0.15) is 0 Å². The van der Waals surface area contributed by atoms with E-state index in [1.165, 1.54) is 5.56 Å². The number of para-hydroxylation sites is 1. The normalized spacial score (nSPS) is 19.7. The van der Waals surface area contributed by atoms with Crippen LogP contribution in [0, 0.1) is 5.92 Å². The van der Waals surface area contributed by atoms with Crippen LogP contribution < -0.4 is 5.32 Å². The zero-order valence-corrected chi connectivity index (χ0v) is 13.9. The molecule has 1 atom stereocenters. The average molecular weight is 321 g/mol. The smallest absolute Gasteiger partial charge is 0.255 e. The Hall–Kier alpha value is -2.36. The highest BCUT2D eigenvalue weighted by Gasteiger charge is 2.29. The molecule has 4 heteroatoms. The lowest BCUT2D eigenvalue weighted by molar-refractivity contribution is 0.0788. The minimum Gasteiger partial charge on any atom is -0.384 e. The Balaban J connectivity index is 1.46. The van der Waals surface area contributed by atoms with Gasteiger partial charge in [-0.3, -0.25) is 9.78 Å². The zero-order valence-electron chi connectivity index (χ0n) is 13.9. The lowest BCUT2D eigenvalue weighted by Crippen LogP contribution is -2.30. The molecule has 1 amide bonds. The number of aryl methyl sites for hydroxylation is 1. The van der Waals surface area contributed by atoms with Crippen LogP contribution in [-0.2, 0) is 12.8 Å². The van der Waals surface area contributed by atoms with Gasteiger partial charge in [-0.05, 0) is 55.4 Å². The lowest BCUT2D eigenvalue weighted by Gasteiger charge is -2.23. The highest BCUT2D eigenvalue weighted by Crippen LogP contribution is 2.29. The van der Waals surface area contributed by atoms with Crippen molar-refractivity contribution in [1.29, 1.82) is 0 Å². The number of fused-ring (bicyclic) bond motifs is 1. The molecule has 1 unspecified atom stereocenters. The molecule has 4 rings (SSSR count). The minimum absolute atomic E-state index is 0.171. The number of hydrogen-bond acceptors (Lipinski definition) is 3. The van der Waals surface area contributed by atoms with Gasteiger partial charge < -0.3 is 10.2 Å². The summed E-state index contributed by atoms with van der Waals surface area (Å²) < 4.78 is 0. The molecule has 0 spiro atoms. The summed E-state index contributed by atoms with van der Waals surface area (Å²) in [6, 6.07) is 12.2. The fourth-order valence-corrected chi connectivity index (χ4v) is 3.86. The minimum atomic E-state index is 0.171. The summed E-state index contributed by atoms with van der Waals surface area (Å²) in [7, 11) is 0. The third-order valence-corrected chi connectivity index (χ3v) is 5.10. The SMILES string of the molecule is O=C(c1cccc2c1NCCC2)N1CCC(Cc2ccccn2)C1. The maximum absolute atomic E-state index is 13.0. The number of anilines is 1. The number of nitrogens with one attached hydrogen (secondary N) is 1. The maximum atomic E-state index is 13.0. The first-order valence-electron chi connectivity index (χ1n) is 8.86. The number of amides is 1. The Morgan fingerprint density at radius 2 is 2.21 bits per heavy atom. The molecule has 124 valence electrons. The Morgan fingerprint density at radius 3 is 3.08 bits per heavy atom. The van der Waals surface area contributed by atoms with E-state index in [4.69, 9.17) is 0 Å². The first kappa shape index (κ1) is 15.2. The van der Waals surface area contributed by atoms with Gasteiger partial charge in [-0.15, -0.1) is 0 Å². The number of pyridine rings is 1. The number of benzene rings is 1. The molecule has 2 aliphatic rings. The third kappa shape index (κ3) is 3.01. The predicted octanol–water partition coefficient (Wildman–Crippen LogP) is 3.14. The van der Waals surface area contributed by atoms with Gasteiger partial charge in [-0.25, -0.2) is 0 Å². The number of aromatic nitrogens is 1. The van der Waals surface area contributed by atoms with Crippen molar-refractivity contribution in [2.24, 2.45) is 5.92 Å². The monoisotopic (exact) mass is 321 g/mol. The molecule has 1 saturated heterocycles. The van der Waals surface area contributed by atoms with Crippen molar-refractivity contribution in [3.05, 3.63) is 59.4 Å². The van der Waals surface area contributed by atoms with Crippen molar-refractivity contribution >= 4 is 11.6 Å². The van der Waals surface area contributed by atoms with Gasteiger partial charge in [0.25, 0.3) is 5.91 Å². The first-order valence-corrected chi connectivity index (χ1v) is 8.86. The second-order valence-corrected chi connectivity index (χ2v) is 6.80. The quantitative estimate of drug-likeness (QED) is 0.944. The standard InChI is InChI=1S/C20H23N3O/c24-20(18-8-3-5-16-6-4-11-22-19(16)18)23-12-9-15(14-23)13-17-7-1-2-10-21-17/h1-3,5,7-8,10,15,22H,4,6,9,11-14H2. The number of hydrogen-bond donors (Lipinski definition) is 1. The second-order valence-electron chi connectivity index (χ2n) is 6.80. The number of rotatable bonds is 3. The van der Waals surface area contributed by atoms with Crippen LogP contribution in [0.25, 0.3) is 0 Å². The van der Waals surface area contributed by atoms with Crippen LogP contribution in [0.3, 0.4) is 0 Å². The number of nitrogens with zero attached hydrogens (tertiary/aromatic N) is 2. The number of likely N-dealkylation sites (tertiary alicyclic amines) is 1. The largest absolute Gasteiger partial charge is 0.384 e. The van der Waals surface area contributed by atoms with Crippen LogP contribution in [0.15, 0.2) is 42.6 Å². The van der Waals surface area contributed by atoms with E-state index in [1.807, 2.05) is 35.4 Å². The van der Waals surface area contributed by atoms with E-state index in [2.05, 4.69) is 22.4 Å².